The van der Waals surface area contributed by atoms with Crippen molar-refractivity contribution < 1.29 is 9.53 Å². The molecule has 1 aliphatic rings. The van der Waals surface area contributed by atoms with Gasteiger partial charge >= 0.3 is 0 Å². The Morgan fingerprint density at radius 2 is 2.24 bits per heavy atom. The van der Waals surface area contributed by atoms with E-state index in [9.17, 15) is 4.79 Å². The number of nitrogens with zero attached hydrogens (tertiary/aromatic N) is 1. The standard InChI is InChI=1S/C13H18N2O2/c1-9(2)15-8-10-3-4-11(17-6-5-14)7-12(10)13(15)16/h3-4,7,9H,5-6,8,14H2,1-2H3. The van der Waals surface area contributed by atoms with E-state index in [-0.39, 0.29) is 11.9 Å². The third-order valence-electron chi connectivity index (χ3n) is 2.92. The first kappa shape index (κ1) is 11.9. The Bertz CT molecular complexity index is 429. The lowest BCUT2D eigenvalue weighted by Crippen LogP contribution is -2.30. The molecule has 92 valence electrons. The third-order valence-corrected chi connectivity index (χ3v) is 2.92. The molecular weight excluding hydrogens is 216 g/mol. The molecule has 0 fully saturated rings. The maximum atomic E-state index is 12.1. The summed E-state index contributed by atoms with van der Waals surface area (Å²) >= 11 is 0. The minimum Gasteiger partial charge on any atom is -0.492 e. The molecule has 2 N–H and O–H groups in total. The van der Waals surface area contributed by atoms with Gasteiger partial charge in [0.05, 0.1) is 0 Å². The Labute approximate surface area is 101 Å². The second-order valence-electron chi connectivity index (χ2n) is 4.48. The van der Waals surface area contributed by atoms with Gasteiger partial charge in [0.15, 0.2) is 0 Å². The number of fused-ring (bicyclic) bond motifs is 1. The summed E-state index contributed by atoms with van der Waals surface area (Å²) in [6, 6.07) is 5.89. The topological polar surface area (TPSA) is 55.6 Å². The highest BCUT2D eigenvalue weighted by molar-refractivity contribution is 5.98. The van der Waals surface area contributed by atoms with Crippen LogP contribution >= 0.6 is 0 Å². The molecule has 17 heavy (non-hydrogen) atoms. The Morgan fingerprint density at radius 3 is 2.88 bits per heavy atom. The van der Waals surface area contributed by atoms with Gasteiger partial charge in [-0.1, -0.05) is 6.07 Å². The molecule has 1 amide bonds. The zero-order valence-electron chi connectivity index (χ0n) is 10.3. The highest BCUT2D eigenvalue weighted by Crippen LogP contribution is 2.27. The minimum absolute atomic E-state index is 0.0909. The second kappa shape index (κ2) is 4.75. The number of carbonyl (C=O) groups excluding carboxylic acids is 1. The third kappa shape index (κ3) is 2.26. The van der Waals surface area contributed by atoms with Gasteiger partial charge in [-0.3, -0.25) is 4.79 Å². The monoisotopic (exact) mass is 234 g/mol. The maximum absolute atomic E-state index is 12.1. The Hall–Kier alpha value is -1.55. The van der Waals surface area contributed by atoms with Crippen LogP contribution < -0.4 is 10.5 Å². The molecule has 0 spiro atoms. The molecule has 0 radical (unpaired) electrons. The fourth-order valence-corrected chi connectivity index (χ4v) is 1.99. The van der Waals surface area contributed by atoms with Crippen LogP contribution in [-0.4, -0.2) is 30.0 Å². The fraction of sp³-hybridized carbons (Fsp3) is 0.462. The lowest BCUT2D eigenvalue weighted by Gasteiger charge is -2.19. The van der Waals surface area contributed by atoms with Crippen molar-refractivity contribution in [2.75, 3.05) is 13.2 Å². The summed E-state index contributed by atoms with van der Waals surface area (Å²) in [5, 5.41) is 0. The quantitative estimate of drug-likeness (QED) is 0.856. The van der Waals surface area contributed by atoms with E-state index in [2.05, 4.69) is 0 Å². The Morgan fingerprint density at radius 1 is 1.47 bits per heavy atom. The summed E-state index contributed by atoms with van der Waals surface area (Å²) in [6.45, 7) is 5.69. The van der Waals surface area contributed by atoms with Gasteiger partial charge in [0.25, 0.3) is 5.91 Å². The van der Waals surface area contributed by atoms with Gasteiger partial charge in [-0.05, 0) is 31.5 Å². The van der Waals surface area contributed by atoms with Crippen molar-refractivity contribution in [2.45, 2.75) is 26.4 Å². The molecule has 0 saturated carbocycles. The summed E-state index contributed by atoms with van der Waals surface area (Å²) in [5.74, 6) is 0.807. The number of carbonyl (C=O) groups is 1. The molecule has 0 aliphatic carbocycles. The van der Waals surface area contributed by atoms with E-state index in [0.29, 0.717) is 25.4 Å². The SMILES string of the molecule is CC(C)N1Cc2ccc(OCCN)cc2C1=O. The van der Waals surface area contributed by atoms with E-state index in [1.165, 1.54) is 0 Å². The summed E-state index contributed by atoms with van der Waals surface area (Å²) < 4.78 is 5.43. The summed E-state index contributed by atoms with van der Waals surface area (Å²) in [7, 11) is 0. The van der Waals surface area contributed by atoms with Crippen molar-refractivity contribution in [3.63, 3.8) is 0 Å². The fourth-order valence-electron chi connectivity index (χ4n) is 1.99. The zero-order valence-corrected chi connectivity index (χ0v) is 10.3. The van der Waals surface area contributed by atoms with Gasteiger partial charge in [0.1, 0.15) is 12.4 Å². The van der Waals surface area contributed by atoms with Crippen LogP contribution in [0.3, 0.4) is 0 Å². The number of amides is 1. The van der Waals surface area contributed by atoms with E-state index < -0.39 is 0 Å². The smallest absolute Gasteiger partial charge is 0.254 e. The number of nitrogens with two attached hydrogens (primary N) is 1. The van der Waals surface area contributed by atoms with Crippen molar-refractivity contribution >= 4 is 5.91 Å². The molecule has 0 saturated heterocycles. The predicted octanol–water partition coefficient (Wildman–Crippen LogP) is 1.39. The van der Waals surface area contributed by atoms with Crippen LogP contribution in [0, 0.1) is 0 Å². The van der Waals surface area contributed by atoms with Gasteiger partial charge in [0.2, 0.25) is 0 Å². The van der Waals surface area contributed by atoms with E-state index in [1.54, 1.807) is 0 Å². The average Bonchev–Trinajstić information content (AvgIpc) is 2.64. The van der Waals surface area contributed by atoms with Crippen molar-refractivity contribution in [3.05, 3.63) is 29.3 Å². The molecule has 1 aromatic carbocycles. The van der Waals surface area contributed by atoms with E-state index in [1.807, 2.05) is 36.9 Å². The highest BCUT2D eigenvalue weighted by Gasteiger charge is 2.29. The van der Waals surface area contributed by atoms with Gasteiger partial charge < -0.3 is 15.4 Å². The number of hydrogen-bond donors (Lipinski definition) is 1. The first-order valence-corrected chi connectivity index (χ1v) is 5.90. The Balaban J connectivity index is 2.22. The lowest BCUT2D eigenvalue weighted by molar-refractivity contribution is 0.0730. The number of hydrogen-bond acceptors (Lipinski definition) is 3. The van der Waals surface area contributed by atoms with Crippen LogP contribution in [0.2, 0.25) is 0 Å². The molecule has 0 atom stereocenters. The molecule has 4 nitrogen and oxygen atoms in total. The van der Waals surface area contributed by atoms with E-state index in [0.717, 1.165) is 11.1 Å². The predicted molar refractivity (Wildman–Crippen MR) is 66.0 cm³/mol. The van der Waals surface area contributed by atoms with E-state index in [4.69, 9.17) is 10.5 Å². The number of benzene rings is 1. The normalized spacial score (nSPS) is 14.4. The first-order chi connectivity index (χ1) is 8.13. The van der Waals surface area contributed by atoms with Gasteiger partial charge in [-0.15, -0.1) is 0 Å². The van der Waals surface area contributed by atoms with Gasteiger partial charge in [-0.2, -0.15) is 0 Å². The molecule has 0 unspecified atom stereocenters. The van der Waals surface area contributed by atoms with Crippen LogP contribution in [0.4, 0.5) is 0 Å². The van der Waals surface area contributed by atoms with Crippen LogP contribution in [0.5, 0.6) is 5.75 Å². The Kier molecular flexibility index (Phi) is 3.33. The van der Waals surface area contributed by atoms with Crippen LogP contribution in [0.1, 0.15) is 29.8 Å². The molecule has 2 rings (SSSR count). The van der Waals surface area contributed by atoms with E-state index >= 15 is 0 Å². The second-order valence-corrected chi connectivity index (χ2v) is 4.48. The van der Waals surface area contributed by atoms with Crippen molar-refractivity contribution in [3.8, 4) is 5.75 Å². The van der Waals surface area contributed by atoms with Crippen molar-refractivity contribution in [1.82, 2.24) is 4.90 Å². The number of rotatable bonds is 4. The lowest BCUT2D eigenvalue weighted by atomic mass is 10.1. The molecule has 1 aromatic rings. The van der Waals surface area contributed by atoms with Crippen molar-refractivity contribution in [1.29, 1.82) is 0 Å². The highest BCUT2D eigenvalue weighted by atomic mass is 16.5. The van der Waals surface area contributed by atoms with Gasteiger partial charge in [-0.25, -0.2) is 0 Å². The molecule has 1 aliphatic heterocycles. The summed E-state index contributed by atoms with van der Waals surface area (Å²) in [4.78, 5) is 14.0. The first-order valence-electron chi connectivity index (χ1n) is 5.90. The van der Waals surface area contributed by atoms with Crippen LogP contribution in [-0.2, 0) is 6.54 Å². The zero-order chi connectivity index (χ0) is 12.4. The van der Waals surface area contributed by atoms with Crippen molar-refractivity contribution in [2.24, 2.45) is 5.73 Å². The van der Waals surface area contributed by atoms with Crippen LogP contribution in [0.25, 0.3) is 0 Å². The summed E-state index contributed by atoms with van der Waals surface area (Å²) in [6.07, 6.45) is 0. The number of ether oxygens (including phenoxy) is 1. The molecular formula is C13H18N2O2. The molecule has 0 bridgehead atoms. The summed E-state index contributed by atoms with van der Waals surface area (Å²) in [5.41, 5.74) is 7.21. The average molecular weight is 234 g/mol. The van der Waals surface area contributed by atoms with Crippen LogP contribution in [0.15, 0.2) is 18.2 Å². The molecule has 0 aromatic heterocycles. The minimum atomic E-state index is 0.0909. The largest absolute Gasteiger partial charge is 0.492 e. The molecule has 4 heteroatoms. The maximum Gasteiger partial charge on any atom is 0.254 e. The molecule has 1 heterocycles. The van der Waals surface area contributed by atoms with Gasteiger partial charge in [0, 0.05) is 24.7 Å².